The average molecular weight is 1050 g/mol. The third-order valence-corrected chi connectivity index (χ3v) is 12.9. The van der Waals surface area contributed by atoms with E-state index >= 15 is 0 Å². The van der Waals surface area contributed by atoms with E-state index in [1.165, 1.54) is 68.5 Å². The Morgan fingerprint density at radius 2 is 1.14 bits per heavy atom. The van der Waals surface area contributed by atoms with Crippen LogP contribution in [-0.4, -0.2) is 213 Å². The predicted molar refractivity (Wildman–Crippen MR) is 243 cm³/mol. The first-order chi connectivity index (χ1) is 35.1. The molecule has 3 aromatic carbocycles. The molecule has 404 valence electrons. The molecule has 8 rings (SSSR count). The van der Waals surface area contributed by atoms with Crippen LogP contribution in [0.2, 0.25) is 0 Å². The first kappa shape index (κ1) is 54.7. The van der Waals surface area contributed by atoms with Crippen molar-refractivity contribution in [1.82, 2.24) is 0 Å². The monoisotopic (exact) mass is 1050 g/mol. The molecular formula is C48H56O26. The lowest BCUT2D eigenvalue weighted by Crippen LogP contribution is -2.67. The van der Waals surface area contributed by atoms with Crippen molar-refractivity contribution in [2.75, 3.05) is 13.2 Å². The fourth-order valence-corrected chi connectivity index (χ4v) is 8.60. The summed E-state index contributed by atoms with van der Waals surface area (Å²) in [7, 11) is 0. The number of rotatable bonds is 14. The van der Waals surface area contributed by atoms with Gasteiger partial charge in [-0.1, -0.05) is 12.1 Å². The number of aromatic hydroxyl groups is 3. The number of carbonyl (C=O) groups excluding carboxylic acids is 1. The summed E-state index contributed by atoms with van der Waals surface area (Å²) in [5.41, 5.74) is -0.946. The van der Waals surface area contributed by atoms with E-state index < -0.39 is 170 Å². The van der Waals surface area contributed by atoms with Gasteiger partial charge in [0, 0.05) is 23.8 Å². The molecule has 14 N–H and O–H groups in total. The van der Waals surface area contributed by atoms with Gasteiger partial charge in [0.2, 0.25) is 23.8 Å². The molecule has 0 radical (unpaired) electrons. The first-order valence-electron chi connectivity index (χ1n) is 23.1. The average Bonchev–Trinajstić information content (AvgIpc) is 3.37. The maximum absolute atomic E-state index is 14.7. The summed E-state index contributed by atoms with van der Waals surface area (Å²) >= 11 is 0. The van der Waals surface area contributed by atoms with Crippen LogP contribution in [0.3, 0.4) is 0 Å². The molecule has 26 heteroatoms. The standard InChI is InChI=1S/C48H56O26/c1-17-30(54)35(59)38(62)45(66-17)68-23-13-24(52)29-25(14-23)69-41(20-6-10-22(51)11-7-20)43(34(29)58)73-48-44(74-46-39(63)36(60)32(56)26(15-49)70-46)42(31(55)18(2)67-48)72-47-40(64)37(61)33(57)27(71-47)16-65-28(53)12-5-19-3-8-21(50)9-4-19/h3-14,17-18,26-27,30-33,35-40,42,44-52,54-57,59-64H,15-16H2,1-2H3. The van der Waals surface area contributed by atoms with Crippen molar-refractivity contribution in [2.24, 2.45) is 0 Å². The summed E-state index contributed by atoms with van der Waals surface area (Å²) in [4.78, 5) is 27.4. The van der Waals surface area contributed by atoms with E-state index in [0.29, 0.717) is 5.56 Å². The largest absolute Gasteiger partial charge is 0.508 e. The lowest BCUT2D eigenvalue weighted by Gasteiger charge is -2.48. The van der Waals surface area contributed by atoms with E-state index in [0.717, 1.165) is 18.2 Å². The fraction of sp³-hybridized carbons (Fsp3) is 0.500. The van der Waals surface area contributed by atoms with Crippen LogP contribution in [0.15, 0.2) is 76.0 Å². The molecule has 4 aromatic rings. The number of fused-ring (bicyclic) bond motifs is 1. The van der Waals surface area contributed by atoms with Crippen LogP contribution in [0.1, 0.15) is 19.4 Å². The van der Waals surface area contributed by atoms with E-state index in [1.54, 1.807) is 0 Å². The Hall–Kier alpha value is -5.60. The maximum atomic E-state index is 14.7. The number of ether oxygens (including phenoxy) is 9. The number of aliphatic hydroxyl groups is 11. The van der Waals surface area contributed by atoms with Gasteiger partial charge in [-0.05, 0) is 61.9 Å². The lowest BCUT2D eigenvalue weighted by molar-refractivity contribution is -0.382. The van der Waals surface area contributed by atoms with Gasteiger partial charge in [0.05, 0.1) is 18.8 Å². The van der Waals surface area contributed by atoms with E-state index in [2.05, 4.69) is 0 Å². The van der Waals surface area contributed by atoms with E-state index in [1.807, 2.05) is 0 Å². The highest BCUT2D eigenvalue weighted by Gasteiger charge is 2.55. The van der Waals surface area contributed by atoms with Crippen molar-refractivity contribution < 1.29 is 123 Å². The van der Waals surface area contributed by atoms with Gasteiger partial charge in [0.15, 0.2) is 24.4 Å². The van der Waals surface area contributed by atoms with Gasteiger partial charge >= 0.3 is 5.97 Å². The third kappa shape index (κ3) is 11.3. The minimum absolute atomic E-state index is 0.0138. The highest BCUT2D eigenvalue weighted by Crippen LogP contribution is 2.40. The number of hydrogen-bond acceptors (Lipinski definition) is 26. The molecule has 20 unspecified atom stereocenters. The van der Waals surface area contributed by atoms with Crippen molar-refractivity contribution in [3.05, 3.63) is 82.5 Å². The smallest absolute Gasteiger partial charge is 0.330 e. The molecule has 0 bridgehead atoms. The lowest BCUT2D eigenvalue weighted by atomic mass is 9.96. The Bertz CT molecular complexity index is 2640. The molecule has 4 aliphatic rings. The van der Waals surface area contributed by atoms with Crippen molar-refractivity contribution in [3.8, 4) is 40.1 Å². The molecule has 1 aromatic heterocycles. The van der Waals surface area contributed by atoms with Gasteiger partial charge in [0.25, 0.3) is 0 Å². The number of esters is 1. The topological polar surface area (TPSA) is 414 Å². The summed E-state index contributed by atoms with van der Waals surface area (Å²) in [6.07, 6.45) is -33.8. The minimum atomic E-state index is -2.12. The molecular weight excluding hydrogens is 993 g/mol. The van der Waals surface area contributed by atoms with Crippen LogP contribution in [0.5, 0.6) is 28.7 Å². The maximum Gasteiger partial charge on any atom is 0.330 e. The molecule has 4 saturated heterocycles. The van der Waals surface area contributed by atoms with Gasteiger partial charge in [-0.3, -0.25) is 4.79 Å². The highest BCUT2D eigenvalue weighted by atomic mass is 16.8. The highest BCUT2D eigenvalue weighted by molar-refractivity contribution is 5.88. The first-order valence-corrected chi connectivity index (χ1v) is 23.1. The normalized spacial score (nSPS) is 36.7. The summed E-state index contributed by atoms with van der Waals surface area (Å²) in [5, 5.41) is 149. The fourth-order valence-electron chi connectivity index (χ4n) is 8.60. The van der Waals surface area contributed by atoms with Crippen LogP contribution in [0.4, 0.5) is 0 Å². The van der Waals surface area contributed by atoms with Crippen molar-refractivity contribution >= 4 is 23.0 Å². The molecule has 4 fully saturated rings. The quantitative estimate of drug-likeness (QED) is 0.0439. The van der Waals surface area contributed by atoms with Crippen molar-refractivity contribution in [1.29, 1.82) is 0 Å². The zero-order valence-electron chi connectivity index (χ0n) is 39.0. The molecule has 74 heavy (non-hydrogen) atoms. The molecule has 20 atom stereocenters. The Morgan fingerprint density at radius 3 is 1.77 bits per heavy atom. The second-order valence-electron chi connectivity index (χ2n) is 18.0. The molecule has 26 nitrogen and oxygen atoms in total. The zero-order chi connectivity index (χ0) is 53.4. The molecule has 5 heterocycles. The van der Waals surface area contributed by atoms with E-state index in [4.69, 9.17) is 47.0 Å². The number of aliphatic hydroxyl groups excluding tert-OH is 11. The number of benzene rings is 3. The Labute approximate surface area is 418 Å². The Kier molecular flexibility index (Phi) is 16.8. The second-order valence-corrected chi connectivity index (χ2v) is 18.0. The molecule has 0 amide bonds. The number of phenols is 3. The van der Waals surface area contributed by atoms with Crippen LogP contribution in [-0.2, 0) is 38.0 Å². The third-order valence-electron chi connectivity index (χ3n) is 12.9. The van der Waals surface area contributed by atoms with Crippen molar-refractivity contribution in [2.45, 2.75) is 137 Å². The molecule has 0 spiro atoms. The van der Waals surface area contributed by atoms with E-state index in [-0.39, 0.29) is 28.4 Å². The predicted octanol–water partition coefficient (Wildman–Crippen LogP) is -3.10. The summed E-state index contributed by atoms with van der Waals surface area (Å²) < 4.78 is 58.6. The number of carbonyl (C=O) groups is 1. The molecule has 0 aliphatic carbocycles. The van der Waals surface area contributed by atoms with Gasteiger partial charge in [-0.15, -0.1) is 0 Å². The minimum Gasteiger partial charge on any atom is -0.508 e. The van der Waals surface area contributed by atoms with Gasteiger partial charge in [0.1, 0.15) is 120 Å². The Balaban J connectivity index is 1.14. The Morgan fingerprint density at radius 1 is 0.595 bits per heavy atom. The van der Waals surface area contributed by atoms with Crippen LogP contribution >= 0.6 is 0 Å². The van der Waals surface area contributed by atoms with Gasteiger partial charge in [-0.2, -0.15) is 0 Å². The van der Waals surface area contributed by atoms with Crippen LogP contribution in [0, 0.1) is 0 Å². The number of hydrogen-bond donors (Lipinski definition) is 14. The summed E-state index contributed by atoms with van der Waals surface area (Å²) in [5.74, 6) is -3.42. The summed E-state index contributed by atoms with van der Waals surface area (Å²) in [6, 6.07) is 12.9. The SMILES string of the molecule is CC1OC(Oc2cc(O)c3c(=O)c(OC4OC(C)C(O)C(OC5OC(COC(=O)C=Cc6ccc(O)cc6)C(O)C(O)C5O)C4OC4OC(CO)C(O)C(O)C4O)c(-c4ccc(O)cc4)oc3c2)C(O)C(O)C1O. The van der Waals surface area contributed by atoms with Gasteiger partial charge < -0.3 is 119 Å². The molecule has 0 saturated carbocycles. The zero-order valence-corrected chi connectivity index (χ0v) is 39.0. The van der Waals surface area contributed by atoms with Crippen LogP contribution < -0.4 is 14.9 Å². The van der Waals surface area contributed by atoms with Gasteiger partial charge in [-0.25, -0.2) is 4.79 Å². The van der Waals surface area contributed by atoms with E-state index in [9.17, 15) is 81.1 Å². The number of phenolic OH excluding ortho intramolecular Hbond substituents is 3. The summed E-state index contributed by atoms with van der Waals surface area (Å²) in [6.45, 7) is 1.05. The van der Waals surface area contributed by atoms with Crippen LogP contribution in [0.25, 0.3) is 28.4 Å². The van der Waals surface area contributed by atoms with Crippen molar-refractivity contribution in [3.63, 3.8) is 0 Å². The second kappa shape index (κ2) is 22.7. The molecule has 4 aliphatic heterocycles.